The van der Waals surface area contributed by atoms with Gasteiger partial charge in [-0.3, -0.25) is 0 Å². The SMILES string of the molecule is CC1CCCN1CCc1ccc(-c2ccc(S(=O)(=O)NC3CCCC3)cc2)cc1. The van der Waals surface area contributed by atoms with E-state index in [1.54, 1.807) is 12.1 Å². The Morgan fingerprint density at radius 1 is 0.897 bits per heavy atom. The molecule has 1 unspecified atom stereocenters. The van der Waals surface area contributed by atoms with E-state index >= 15 is 0 Å². The zero-order valence-electron chi connectivity index (χ0n) is 17.3. The van der Waals surface area contributed by atoms with Gasteiger partial charge >= 0.3 is 0 Å². The Kier molecular flexibility index (Phi) is 6.38. The van der Waals surface area contributed by atoms with Crippen LogP contribution in [0, 0.1) is 0 Å². The molecule has 1 atom stereocenters. The van der Waals surface area contributed by atoms with E-state index in [2.05, 4.69) is 40.8 Å². The molecule has 2 fully saturated rings. The minimum Gasteiger partial charge on any atom is -0.300 e. The maximum atomic E-state index is 12.6. The first-order valence-corrected chi connectivity index (χ1v) is 12.5. The van der Waals surface area contributed by atoms with Crippen LogP contribution in [-0.2, 0) is 16.4 Å². The largest absolute Gasteiger partial charge is 0.300 e. The number of nitrogens with one attached hydrogen (secondary N) is 1. The maximum absolute atomic E-state index is 12.6. The summed E-state index contributed by atoms with van der Waals surface area (Å²) >= 11 is 0. The fourth-order valence-electron chi connectivity index (χ4n) is 4.62. The van der Waals surface area contributed by atoms with E-state index in [1.807, 2.05) is 12.1 Å². The quantitative estimate of drug-likeness (QED) is 0.723. The third kappa shape index (κ3) is 5.08. The Labute approximate surface area is 175 Å². The van der Waals surface area contributed by atoms with E-state index in [9.17, 15) is 8.42 Å². The molecule has 0 spiro atoms. The van der Waals surface area contributed by atoms with Gasteiger partial charge in [-0.25, -0.2) is 13.1 Å². The van der Waals surface area contributed by atoms with Gasteiger partial charge in [-0.05, 0) is 74.4 Å². The van der Waals surface area contributed by atoms with E-state index in [0.717, 1.165) is 49.8 Å². The number of nitrogens with zero attached hydrogens (tertiary/aromatic N) is 1. The smallest absolute Gasteiger partial charge is 0.240 e. The molecule has 0 bridgehead atoms. The molecule has 29 heavy (non-hydrogen) atoms. The van der Waals surface area contributed by atoms with Gasteiger partial charge in [0.15, 0.2) is 0 Å². The van der Waals surface area contributed by atoms with Crippen molar-refractivity contribution in [3.8, 4) is 11.1 Å². The third-order valence-electron chi connectivity index (χ3n) is 6.51. The van der Waals surface area contributed by atoms with Crippen LogP contribution in [0.4, 0.5) is 0 Å². The lowest BCUT2D eigenvalue weighted by atomic mass is 10.0. The van der Waals surface area contributed by atoms with Crippen molar-refractivity contribution in [1.29, 1.82) is 0 Å². The summed E-state index contributed by atoms with van der Waals surface area (Å²) in [5.74, 6) is 0. The number of rotatable bonds is 7. The average Bonchev–Trinajstić information content (AvgIpc) is 3.38. The van der Waals surface area contributed by atoms with Crippen molar-refractivity contribution in [1.82, 2.24) is 9.62 Å². The lowest BCUT2D eigenvalue weighted by molar-refractivity contribution is 0.272. The molecule has 1 saturated heterocycles. The second-order valence-electron chi connectivity index (χ2n) is 8.60. The predicted octanol–water partition coefficient (Wildman–Crippen LogP) is 4.60. The van der Waals surface area contributed by atoms with Gasteiger partial charge in [0.1, 0.15) is 0 Å². The molecule has 0 radical (unpaired) electrons. The molecule has 1 N–H and O–H groups in total. The summed E-state index contributed by atoms with van der Waals surface area (Å²) < 4.78 is 28.0. The summed E-state index contributed by atoms with van der Waals surface area (Å²) in [5.41, 5.74) is 3.52. The molecule has 1 aliphatic carbocycles. The summed E-state index contributed by atoms with van der Waals surface area (Å²) in [5, 5.41) is 0. The Hall–Kier alpha value is -1.69. The first-order chi connectivity index (χ1) is 14.0. The first kappa shape index (κ1) is 20.6. The molecule has 1 saturated carbocycles. The maximum Gasteiger partial charge on any atom is 0.240 e. The minimum absolute atomic E-state index is 0.0933. The zero-order chi connectivity index (χ0) is 20.3. The Bertz CT molecular complexity index is 901. The highest BCUT2D eigenvalue weighted by atomic mass is 32.2. The van der Waals surface area contributed by atoms with Gasteiger partial charge in [0.05, 0.1) is 4.90 Å². The third-order valence-corrected chi connectivity index (χ3v) is 8.04. The Morgan fingerprint density at radius 3 is 2.10 bits per heavy atom. The second kappa shape index (κ2) is 8.99. The molecular formula is C24H32N2O2S. The second-order valence-corrected chi connectivity index (χ2v) is 10.3. The van der Waals surface area contributed by atoms with E-state index in [4.69, 9.17) is 0 Å². The van der Waals surface area contributed by atoms with Gasteiger partial charge in [0.25, 0.3) is 0 Å². The van der Waals surface area contributed by atoms with Crippen LogP contribution < -0.4 is 4.72 Å². The molecule has 2 aromatic rings. The van der Waals surface area contributed by atoms with Crippen LogP contribution in [-0.4, -0.2) is 38.5 Å². The fourth-order valence-corrected chi connectivity index (χ4v) is 5.92. The van der Waals surface area contributed by atoms with Crippen LogP contribution in [0.15, 0.2) is 53.4 Å². The lowest BCUT2D eigenvalue weighted by Gasteiger charge is -2.20. The minimum atomic E-state index is -3.42. The first-order valence-electron chi connectivity index (χ1n) is 11.0. The molecule has 4 nitrogen and oxygen atoms in total. The van der Waals surface area contributed by atoms with Gasteiger partial charge in [-0.1, -0.05) is 49.2 Å². The van der Waals surface area contributed by atoms with Crippen LogP contribution >= 0.6 is 0 Å². The highest BCUT2D eigenvalue weighted by molar-refractivity contribution is 7.89. The van der Waals surface area contributed by atoms with Crippen molar-refractivity contribution in [3.05, 3.63) is 54.1 Å². The summed E-state index contributed by atoms with van der Waals surface area (Å²) in [6.07, 6.45) is 7.83. The number of sulfonamides is 1. The molecule has 0 aromatic heterocycles. The normalized spacial score (nSPS) is 21.1. The molecule has 0 amide bonds. The van der Waals surface area contributed by atoms with Crippen molar-refractivity contribution in [2.24, 2.45) is 0 Å². The van der Waals surface area contributed by atoms with E-state index in [0.29, 0.717) is 10.9 Å². The summed E-state index contributed by atoms with van der Waals surface area (Å²) in [7, 11) is -3.42. The Morgan fingerprint density at radius 2 is 1.52 bits per heavy atom. The average molecular weight is 413 g/mol. The zero-order valence-corrected chi connectivity index (χ0v) is 18.1. The summed E-state index contributed by atoms with van der Waals surface area (Å²) in [6, 6.07) is 16.7. The molecule has 156 valence electrons. The van der Waals surface area contributed by atoms with Crippen molar-refractivity contribution in [2.45, 2.75) is 68.8 Å². The van der Waals surface area contributed by atoms with Crippen LogP contribution in [0.2, 0.25) is 0 Å². The van der Waals surface area contributed by atoms with Gasteiger partial charge in [-0.2, -0.15) is 0 Å². The van der Waals surface area contributed by atoms with E-state index < -0.39 is 10.0 Å². The van der Waals surface area contributed by atoms with Crippen LogP contribution in [0.1, 0.15) is 51.0 Å². The van der Waals surface area contributed by atoms with Crippen molar-refractivity contribution >= 4 is 10.0 Å². The van der Waals surface area contributed by atoms with Crippen LogP contribution in [0.25, 0.3) is 11.1 Å². The molecule has 1 aliphatic heterocycles. The number of hydrogen-bond acceptors (Lipinski definition) is 3. The lowest BCUT2D eigenvalue weighted by Crippen LogP contribution is -2.32. The highest BCUT2D eigenvalue weighted by Gasteiger charge is 2.23. The van der Waals surface area contributed by atoms with Crippen LogP contribution in [0.3, 0.4) is 0 Å². The summed E-state index contributed by atoms with van der Waals surface area (Å²) in [6.45, 7) is 4.68. The van der Waals surface area contributed by atoms with Crippen molar-refractivity contribution in [2.75, 3.05) is 13.1 Å². The van der Waals surface area contributed by atoms with Crippen molar-refractivity contribution in [3.63, 3.8) is 0 Å². The molecule has 5 heteroatoms. The van der Waals surface area contributed by atoms with Gasteiger partial charge in [-0.15, -0.1) is 0 Å². The standard InChI is InChI=1S/C24H32N2O2S/c1-19-5-4-17-26(19)18-16-20-8-10-21(11-9-20)22-12-14-24(15-13-22)29(27,28)25-23-6-2-3-7-23/h8-15,19,23,25H,2-7,16-18H2,1H3. The highest BCUT2D eigenvalue weighted by Crippen LogP contribution is 2.24. The van der Waals surface area contributed by atoms with Crippen molar-refractivity contribution < 1.29 is 8.42 Å². The molecule has 2 aromatic carbocycles. The monoisotopic (exact) mass is 412 g/mol. The van der Waals surface area contributed by atoms with Gasteiger partial charge in [0, 0.05) is 18.6 Å². The number of likely N-dealkylation sites (tertiary alicyclic amines) is 1. The van der Waals surface area contributed by atoms with E-state index in [-0.39, 0.29) is 6.04 Å². The van der Waals surface area contributed by atoms with Gasteiger partial charge in [0.2, 0.25) is 10.0 Å². The van der Waals surface area contributed by atoms with Gasteiger partial charge < -0.3 is 4.90 Å². The topological polar surface area (TPSA) is 49.4 Å². The van der Waals surface area contributed by atoms with Crippen LogP contribution in [0.5, 0.6) is 0 Å². The molecule has 1 heterocycles. The Balaban J connectivity index is 1.38. The molecule has 2 aliphatic rings. The molecule has 4 rings (SSSR count). The molecular weight excluding hydrogens is 380 g/mol. The predicted molar refractivity (Wildman–Crippen MR) is 118 cm³/mol. The van der Waals surface area contributed by atoms with E-state index in [1.165, 1.54) is 24.9 Å². The number of hydrogen-bond donors (Lipinski definition) is 1. The summed E-state index contributed by atoms with van der Waals surface area (Å²) in [4.78, 5) is 2.93. The fraction of sp³-hybridized carbons (Fsp3) is 0.500. The number of benzene rings is 2.